The molecule has 0 saturated heterocycles. The van der Waals surface area contributed by atoms with E-state index in [-0.39, 0.29) is 0 Å². The molecule has 0 aliphatic rings. The standard InChI is InChI=1S/C16H15N3O/c1-10-15-9-13(20-2)7-8-14(15)16(19-18-10)11-3-5-12(17)6-4-11/h3-9H,17H2,1-2H3. The predicted octanol–water partition coefficient (Wildman–Crippen LogP) is 3.20. The Kier molecular flexibility index (Phi) is 2.99. The van der Waals surface area contributed by atoms with Gasteiger partial charge in [0.25, 0.3) is 0 Å². The normalized spacial score (nSPS) is 10.7. The third-order valence-corrected chi connectivity index (χ3v) is 3.36. The lowest BCUT2D eigenvalue weighted by molar-refractivity contribution is 0.415. The Morgan fingerprint density at radius 1 is 0.950 bits per heavy atom. The van der Waals surface area contributed by atoms with Crippen molar-refractivity contribution in [3.63, 3.8) is 0 Å². The zero-order valence-electron chi connectivity index (χ0n) is 11.4. The van der Waals surface area contributed by atoms with E-state index in [1.807, 2.05) is 49.4 Å². The largest absolute Gasteiger partial charge is 0.497 e. The molecule has 0 radical (unpaired) electrons. The molecule has 0 spiro atoms. The van der Waals surface area contributed by atoms with Crippen molar-refractivity contribution in [3.05, 3.63) is 48.2 Å². The van der Waals surface area contributed by atoms with E-state index in [2.05, 4.69) is 10.2 Å². The van der Waals surface area contributed by atoms with E-state index in [9.17, 15) is 0 Å². The first-order chi connectivity index (χ1) is 9.69. The summed E-state index contributed by atoms with van der Waals surface area (Å²) in [6.45, 7) is 1.95. The Hall–Kier alpha value is -2.62. The van der Waals surface area contributed by atoms with E-state index in [1.165, 1.54) is 0 Å². The minimum atomic E-state index is 0.736. The summed E-state index contributed by atoms with van der Waals surface area (Å²) in [5.74, 6) is 0.817. The summed E-state index contributed by atoms with van der Waals surface area (Å²) in [5, 5.41) is 10.7. The van der Waals surface area contributed by atoms with Crippen LogP contribution in [0.5, 0.6) is 5.75 Å². The molecule has 3 aromatic rings. The molecule has 0 aliphatic heterocycles. The Morgan fingerprint density at radius 2 is 1.70 bits per heavy atom. The van der Waals surface area contributed by atoms with Crippen LogP contribution in [-0.4, -0.2) is 17.3 Å². The number of aryl methyl sites for hydroxylation is 1. The maximum absolute atomic E-state index is 5.73. The number of fused-ring (bicyclic) bond motifs is 1. The SMILES string of the molecule is COc1ccc2c(-c3ccc(N)cc3)nnc(C)c2c1. The second kappa shape index (κ2) is 4.81. The molecule has 0 aliphatic carbocycles. The Labute approximate surface area is 117 Å². The van der Waals surface area contributed by atoms with E-state index in [0.29, 0.717) is 0 Å². The van der Waals surface area contributed by atoms with Crippen molar-refractivity contribution in [2.75, 3.05) is 12.8 Å². The summed E-state index contributed by atoms with van der Waals surface area (Å²) < 4.78 is 5.27. The molecule has 0 amide bonds. The molecule has 0 bridgehead atoms. The van der Waals surface area contributed by atoms with Crippen LogP contribution >= 0.6 is 0 Å². The number of nitrogens with two attached hydrogens (primary N) is 1. The number of methoxy groups -OCH3 is 1. The molecule has 2 aromatic carbocycles. The van der Waals surface area contributed by atoms with Gasteiger partial charge in [-0.3, -0.25) is 0 Å². The monoisotopic (exact) mass is 265 g/mol. The molecule has 4 nitrogen and oxygen atoms in total. The average Bonchev–Trinajstić information content (AvgIpc) is 2.49. The smallest absolute Gasteiger partial charge is 0.119 e. The molecular weight excluding hydrogens is 250 g/mol. The van der Waals surface area contributed by atoms with E-state index < -0.39 is 0 Å². The molecule has 1 heterocycles. The number of benzene rings is 2. The van der Waals surface area contributed by atoms with Gasteiger partial charge in [-0.25, -0.2) is 0 Å². The summed E-state index contributed by atoms with van der Waals surface area (Å²) in [6.07, 6.45) is 0. The Balaban J connectivity index is 2.26. The lowest BCUT2D eigenvalue weighted by Crippen LogP contribution is -1.95. The van der Waals surface area contributed by atoms with Crippen molar-refractivity contribution >= 4 is 16.5 Å². The topological polar surface area (TPSA) is 61.0 Å². The predicted molar refractivity (Wildman–Crippen MR) is 80.7 cm³/mol. The molecule has 4 heteroatoms. The molecule has 0 saturated carbocycles. The fourth-order valence-corrected chi connectivity index (χ4v) is 2.24. The molecule has 20 heavy (non-hydrogen) atoms. The van der Waals surface area contributed by atoms with Crippen LogP contribution in [0.3, 0.4) is 0 Å². The Morgan fingerprint density at radius 3 is 2.40 bits per heavy atom. The molecule has 0 atom stereocenters. The van der Waals surface area contributed by atoms with Gasteiger partial charge in [0.1, 0.15) is 11.4 Å². The molecule has 2 N–H and O–H groups in total. The van der Waals surface area contributed by atoms with Crippen molar-refractivity contribution < 1.29 is 4.74 Å². The molecule has 0 unspecified atom stereocenters. The Bertz CT molecular complexity index is 767. The van der Waals surface area contributed by atoms with Crippen LogP contribution in [0.4, 0.5) is 5.69 Å². The van der Waals surface area contributed by atoms with Gasteiger partial charge in [-0.15, -0.1) is 5.10 Å². The second-order valence-electron chi connectivity index (χ2n) is 4.67. The van der Waals surface area contributed by atoms with Crippen molar-refractivity contribution in [3.8, 4) is 17.0 Å². The second-order valence-corrected chi connectivity index (χ2v) is 4.67. The summed E-state index contributed by atoms with van der Waals surface area (Å²) in [6, 6.07) is 13.6. The van der Waals surface area contributed by atoms with Crippen LogP contribution in [0.1, 0.15) is 5.69 Å². The average molecular weight is 265 g/mol. The highest BCUT2D eigenvalue weighted by molar-refractivity contribution is 5.96. The molecule has 1 aromatic heterocycles. The van der Waals surface area contributed by atoms with Crippen LogP contribution in [-0.2, 0) is 0 Å². The van der Waals surface area contributed by atoms with Gasteiger partial charge in [0.2, 0.25) is 0 Å². The minimum Gasteiger partial charge on any atom is -0.497 e. The van der Waals surface area contributed by atoms with Crippen LogP contribution < -0.4 is 10.5 Å². The lowest BCUT2D eigenvalue weighted by Gasteiger charge is -2.09. The molecule has 100 valence electrons. The summed E-state index contributed by atoms with van der Waals surface area (Å²) in [4.78, 5) is 0. The zero-order valence-corrected chi connectivity index (χ0v) is 11.4. The quantitative estimate of drug-likeness (QED) is 0.723. The number of nitrogens with zero attached hydrogens (tertiary/aromatic N) is 2. The highest BCUT2D eigenvalue weighted by Gasteiger charge is 2.09. The van der Waals surface area contributed by atoms with Crippen molar-refractivity contribution in [1.29, 1.82) is 0 Å². The van der Waals surface area contributed by atoms with Gasteiger partial charge >= 0.3 is 0 Å². The zero-order chi connectivity index (χ0) is 14.1. The van der Waals surface area contributed by atoms with Crippen molar-refractivity contribution in [1.82, 2.24) is 10.2 Å². The molecule has 0 fully saturated rings. The van der Waals surface area contributed by atoms with Gasteiger partial charge < -0.3 is 10.5 Å². The van der Waals surface area contributed by atoms with Gasteiger partial charge in [0, 0.05) is 22.0 Å². The number of hydrogen-bond acceptors (Lipinski definition) is 4. The van der Waals surface area contributed by atoms with Gasteiger partial charge in [-0.2, -0.15) is 5.10 Å². The number of rotatable bonds is 2. The van der Waals surface area contributed by atoms with Gasteiger partial charge in [-0.1, -0.05) is 12.1 Å². The van der Waals surface area contributed by atoms with E-state index >= 15 is 0 Å². The number of ether oxygens (including phenoxy) is 1. The summed E-state index contributed by atoms with van der Waals surface area (Å²) in [5.41, 5.74) is 9.21. The minimum absolute atomic E-state index is 0.736. The fraction of sp³-hybridized carbons (Fsp3) is 0.125. The van der Waals surface area contributed by atoms with E-state index in [4.69, 9.17) is 10.5 Å². The molecular formula is C16H15N3O. The number of anilines is 1. The first-order valence-corrected chi connectivity index (χ1v) is 6.36. The number of nitrogen functional groups attached to an aromatic ring is 1. The van der Waals surface area contributed by atoms with Crippen LogP contribution in [0.25, 0.3) is 22.0 Å². The van der Waals surface area contributed by atoms with Gasteiger partial charge in [0.05, 0.1) is 12.8 Å². The van der Waals surface area contributed by atoms with Crippen LogP contribution in [0.15, 0.2) is 42.5 Å². The fourth-order valence-electron chi connectivity index (χ4n) is 2.24. The number of aromatic nitrogens is 2. The lowest BCUT2D eigenvalue weighted by atomic mass is 10.0. The third kappa shape index (κ3) is 2.05. The van der Waals surface area contributed by atoms with Gasteiger partial charge in [0.15, 0.2) is 0 Å². The highest BCUT2D eigenvalue weighted by atomic mass is 16.5. The summed E-state index contributed by atoms with van der Waals surface area (Å²) >= 11 is 0. The maximum atomic E-state index is 5.73. The van der Waals surface area contributed by atoms with Crippen LogP contribution in [0.2, 0.25) is 0 Å². The summed E-state index contributed by atoms with van der Waals surface area (Å²) in [7, 11) is 1.66. The van der Waals surface area contributed by atoms with Crippen molar-refractivity contribution in [2.24, 2.45) is 0 Å². The third-order valence-electron chi connectivity index (χ3n) is 3.36. The highest BCUT2D eigenvalue weighted by Crippen LogP contribution is 2.30. The van der Waals surface area contributed by atoms with Crippen LogP contribution in [0, 0.1) is 6.92 Å². The first kappa shape index (κ1) is 12.4. The van der Waals surface area contributed by atoms with Crippen molar-refractivity contribution in [2.45, 2.75) is 6.92 Å². The van der Waals surface area contributed by atoms with E-state index in [1.54, 1.807) is 7.11 Å². The number of hydrogen-bond donors (Lipinski definition) is 1. The first-order valence-electron chi connectivity index (χ1n) is 6.36. The van der Waals surface area contributed by atoms with Gasteiger partial charge in [-0.05, 0) is 37.3 Å². The maximum Gasteiger partial charge on any atom is 0.119 e. The molecule has 3 rings (SSSR count). The van der Waals surface area contributed by atoms with E-state index in [0.717, 1.165) is 39.2 Å².